The standard InChI is InChI=1S/C17H27O/c1-2-3-4-5-6-7-8-9-13-16-18-17-14-11-10-12-15-17/h10-12,14-15H,1-9,13,16H2. The molecule has 0 unspecified atom stereocenters. The van der Waals surface area contributed by atoms with Crippen LogP contribution in [0.15, 0.2) is 30.3 Å². The SMILES string of the molecule is [CH2]CCCCCCCCCCOc1ccccc1. The van der Waals surface area contributed by atoms with Gasteiger partial charge in [0.2, 0.25) is 0 Å². The Morgan fingerprint density at radius 3 is 1.89 bits per heavy atom. The molecule has 18 heavy (non-hydrogen) atoms. The van der Waals surface area contributed by atoms with Crippen LogP contribution in [0.2, 0.25) is 0 Å². The van der Waals surface area contributed by atoms with Crippen LogP contribution in [0.1, 0.15) is 57.8 Å². The van der Waals surface area contributed by atoms with Crippen molar-refractivity contribution in [1.82, 2.24) is 0 Å². The molecule has 0 spiro atoms. The van der Waals surface area contributed by atoms with Gasteiger partial charge >= 0.3 is 0 Å². The van der Waals surface area contributed by atoms with Crippen LogP contribution in [0, 0.1) is 6.92 Å². The minimum absolute atomic E-state index is 0.853. The van der Waals surface area contributed by atoms with Crippen molar-refractivity contribution in [2.75, 3.05) is 6.61 Å². The molecule has 0 atom stereocenters. The van der Waals surface area contributed by atoms with E-state index in [0.29, 0.717) is 0 Å². The summed E-state index contributed by atoms with van der Waals surface area (Å²) in [5.74, 6) is 0.991. The largest absolute Gasteiger partial charge is 0.494 e. The fourth-order valence-corrected chi connectivity index (χ4v) is 2.05. The number of unbranched alkanes of at least 4 members (excludes halogenated alkanes) is 8. The van der Waals surface area contributed by atoms with Gasteiger partial charge in [0.1, 0.15) is 5.75 Å². The van der Waals surface area contributed by atoms with Gasteiger partial charge in [-0.25, -0.2) is 0 Å². The molecule has 1 aromatic carbocycles. The monoisotopic (exact) mass is 247 g/mol. The lowest BCUT2D eigenvalue weighted by molar-refractivity contribution is 0.304. The summed E-state index contributed by atoms with van der Waals surface area (Å²) in [5.41, 5.74) is 0. The number of hydrogen-bond acceptors (Lipinski definition) is 1. The van der Waals surface area contributed by atoms with Crippen LogP contribution < -0.4 is 4.74 Å². The summed E-state index contributed by atoms with van der Waals surface area (Å²) in [6.45, 7) is 4.72. The van der Waals surface area contributed by atoms with Gasteiger partial charge in [0, 0.05) is 0 Å². The smallest absolute Gasteiger partial charge is 0.119 e. The Labute approximate surface area is 113 Å². The predicted octanol–water partition coefficient (Wildman–Crippen LogP) is 5.41. The molecular weight excluding hydrogens is 220 g/mol. The maximum atomic E-state index is 5.66. The van der Waals surface area contributed by atoms with E-state index in [1.54, 1.807) is 0 Å². The molecule has 0 amide bonds. The number of para-hydroxylation sites is 1. The zero-order valence-corrected chi connectivity index (χ0v) is 11.6. The van der Waals surface area contributed by atoms with Gasteiger partial charge in [-0.05, 0) is 18.6 Å². The maximum Gasteiger partial charge on any atom is 0.119 e. The fraction of sp³-hybridized carbons (Fsp3) is 0.588. The van der Waals surface area contributed by atoms with Crippen LogP contribution in [-0.4, -0.2) is 6.61 Å². The number of hydrogen-bond donors (Lipinski definition) is 0. The molecule has 0 heterocycles. The van der Waals surface area contributed by atoms with Crippen molar-refractivity contribution in [3.8, 4) is 5.75 Å². The summed E-state index contributed by atoms with van der Waals surface area (Å²) < 4.78 is 5.66. The molecule has 0 N–H and O–H groups in total. The molecule has 0 bridgehead atoms. The van der Waals surface area contributed by atoms with E-state index in [4.69, 9.17) is 4.74 Å². The average molecular weight is 247 g/mol. The Balaban J connectivity index is 1.82. The molecule has 1 rings (SSSR count). The van der Waals surface area contributed by atoms with Crippen molar-refractivity contribution < 1.29 is 4.74 Å². The molecule has 101 valence electrons. The van der Waals surface area contributed by atoms with Gasteiger partial charge in [-0.1, -0.05) is 76.5 Å². The molecule has 0 aliphatic rings. The maximum absolute atomic E-state index is 5.66. The minimum atomic E-state index is 0.853. The van der Waals surface area contributed by atoms with Crippen molar-refractivity contribution in [2.24, 2.45) is 0 Å². The molecular formula is C17H27O. The highest BCUT2D eigenvalue weighted by Gasteiger charge is 1.93. The van der Waals surface area contributed by atoms with Gasteiger partial charge in [-0.3, -0.25) is 0 Å². The van der Waals surface area contributed by atoms with E-state index < -0.39 is 0 Å². The third kappa shape index (κ3) is 8.16. The van der Waals surface area contributed by atoms with Crippen LogP contribution in [0.5, 0.6) is 5.75 Å². The van der Waals surface area contributed by atoms with E-state index in [9.17, 15) is 0 Å². The Morgan fingerprint density at radius 2 is 1.28 bits per heavy atom. The van der Waals surface area contributed by atoms with Gasteiger partial charge < -0.3 is 4.74 Å². The Kier molecular flexibility index (Phi) is 9.32. The van der Waals surface area contributed by atoms with Crippen molar-refractivity contribution in [1.29, 1.82) is 0 Å². The average Bonchev–Trinajstić information content (AvgIpc) is 2.42. The topological polar surface area (TPSA) is 9.23 Å². The van der Waals surface area contributed by atoms with Gasteiger partial charge in [0.25, 0.3) is 0 Å². The summed E-state index contributed by atoms with van der Waals surface area (Å²) >= 11 is 0. The lowest BCUT2D eigenvalue weighted by Crippen LogP contribution is -1.96. The van der Waals surface area contributed by atoms with Gasteiger partial charge in [-0.2, -0.15) is 0 Å². The summed E-state index contributed by atoms with van der Waals surface area (Å²) in [4.78, 5) is 0. The lowest BCUT2D eigenvalue weighted by atomic mass is 10.1. The van der Waals surface area contributed by atoms with Crippen molar-refractivity contribution in [2.45, 2.75) is 57.8 Å². The highest BCUT2D eigenvalue weighted by molar-refractivity contribution is 5.20. The molecule has 1 heteroatoms. The first-order valence-electron chi connectivity index (χ1n) is 7.40. The third-order valence-corrected chi connectivity index (χ3v) is 3.16. The number of ether oxygens (including phenoxy) is 1. The summed E-state index contributed by atoms with van der Waals surface area (Å²) in [5, 5.41) is 0. The normalized spacial score (nSPS) is 10.5. The molecule has 0 aromatic heterocycles. The lowest BCUT2D eigenvalue weighted by Gasteiger charge is -2.05. The highest BCUT2D eigenvalue weighted by Crippen LogP contribution is 2.11. The van der Waals surface area contributed by atoms with Crippen molar-refractivity contribution in [3.05, 3.63) is 37.3 Å². The van der Waals surface area contributed by atoms with E-state index in [1.807, 2.05) is 30.3 Å². The molecule has 1 radical (unpaired) electrons. The molecule has 0 saturated heterocycles. The molecule has 0 saturated carbocycles. The molecule has 1 nitrogen and oxygen atoms in total. The second-order valence-corrected chi connectivity index (χ2v) is 4.84. The zero-order chi connectivity index (χ0) is 12.9. The minimum Gasteiger partial charge on any atom is -0.494 e. The molecule has 0 fully saturated rings. The highest BCUT2D eigenvalue weighted by atomic mass is 16.5. The van der Waals surface area contributed by atoms with Gasteiger partial charge in [0.15, 0.2) is 0 Å². The zero-order valence-electron chi connectivity index (χ0n) is 11.6. The van der Waals surface area contributed by atoms with Crippen LogP contribution in [0.4, 0.5) is 0 Å². The van der Waals surface area contributed by atoms with E-state index in [0.717, 1.165) is 18.8 Å². The predicted molar refractivity (Wildman–Crippen MR) is 78.8 cm³/mol. The first-order valence-corrected chi connectivity index (χ1v) is 7.40. The van der Waals surface area contributed by atoms with Crippen LogP contribution in [-0.2, 0) is 0 Å². The quantitative estimate of drug-likeness (QED) is 0.475. The summed E-state index contributed by atoms with van der Waals surface area (Å²) in [7, 11) is 0. The number of rotatable bonds is 11. The molecule has 1 aromatic rings. The second kappa shape index (κ2) is 11.1. The Hall–Kier alpha value is -0.980. The van der Waals surface area contributed by atoms with Crippen LogP contribution in [0.3, 0.4) is 0 Å². The Morgan fingerprint density at radius 1 is 0.722 bits per heavy atom. The summed E-state index contributed by atoms with van der Waals surface area (Å²) in [6, 6.07) is 10.1. The molecule has 0 aliphatic carbocycles. The first-order chi connectivity index (χ1) is 8.93. The van der Waals surface area contributed by atoms with Crippen LogP contribution >= 0.6 is 0 Å². The van der Waals surface area contributed by atoms with E-state index in [1.165, 1.54) is 51.4 Å². The van der Waals surface area contributed by atoms with E-state index in [-0.39, 0.29) is 0 Å². The Bertz CT molecular complexity index is 268. The van der Waals surface area contributed by atoms with Crippen molar-refractivity contribution in [3.63, 3.8) is 0 Å². The van der Waals surface area contributed by atoms with E-state index in [2.05, 4.69) is 6.92 Å². The fourth-order valence-electron chi connectivity index (χ4n) is 2.05. The van der Waals surface area contributed by atoms with E-state index >= 15 is 0 Å². The van der Waals surface area contributed by atoms with Gasteiger partial charge in [0.05, 0.1) is 6.61 Å². The summed E-state index contributed by atoms with van der Waals surface area (Å²) in [6.07, 6.45) is 11.7. The molecule has 0 aliphatic heterocycles. The second-order valence-electron chi connectivity index (χ2n) is 4.84. The third-order valence-electron chi connectivity index (χ3n) is 3.16. The van der Waals surface area contributed by atoms with Gasteiger partial charge in [-0.15, -0.1) is 0 Å². The first kappa shape index (κ1) is 15.1. The van der Waals surface area contributed by atoms with Crippen molar-refractivity contribution >= 4 is 0 Å². The number of benzene rings is 1. The van der Waals surface area contributed by atoms with Crippen LogP contribution in [0.25, 0.3) is 0 Å².